The van der Waals surface area contributed by atoms with Gasteiger partial charge in [0.2, 0.25) is 17.7 Å². The average Bonchev–Trinajstić information content (AvgIpc) is 3.44. The summed E-state index contributed by atoms with van der Waals surface area (Å²) in [5.41, 5.74) is 0. The van der Waals surface area contributed by atoms with Crippen LogP contribution in [-0.4, -0.2) is 34.1 Å². The zero-order valence-electron chi connectivity index (χ0n) is 15.7. The van der Waals surface area contributed by atoms with Crippen LogP contribution in [-0.2, 0) is 27.5 Å². The summed E-state index contributed by atoms with van der Waals surface area (Å²) < 4.78 is 5.40. The Morgan fingerprint density at radius 1 is 1.11 bits per heavy atom. The molecule has 148 valence electrons. The van der Waals surface area contributed by atoms with Gasteiger partial charge in [-0.3, -0.25) is 19.3 Å². The second-order valence-electron chi connectivity index (χ2n) is 7.48. The number of thiophene rings is 1. The fourth-order valence-corrected chi connectivity index (χ4v) is 4.95. The lowest BCUT2D eigenvalue weighted by atomic mass is 9.81. The van der Waals surface area contributed by atoms with Gasteiger partial charge in [-0.05, 0) is 36.4 Å². The summed E-state index contributed by atoms with van der Waals surface area (Å²) >= 11 is 1.60. The van der Waals surface area contributed by atoms with Crippen LogP contribution in [0.25, 0.3) is 0 Å². The van der Waals surface area contributed by atoms with Gasteiger partial charge in [0.25, 0.3) is 0 Å². The molecule has 28 heavy (non-hydrogen) atoms. The lowest BCUT2D eigenvalue weighted by molar-refractivity contribution is -0.141. The Kier molecular flexibility index (Phi) is 5.62. The van der Waals surface area contributed by atoms with E-state index < -0.39 is 0 Å². The molecular formula is C21H24N2O4S. The molecule has 2 aliphatic rings. The summed E-state index contributed by atoms with van der Waals surface area (Å²) in [6.45, 7) is 1.03. The van der Waals surface area contributed by atoms with E-state index in [0.29, 0.717) is 18.8 Å². The van der Waals surface area contributed by atoms with Gasteiger partial charge in [0.1, 0.15) is 5.76 Å². The standard InChI is InChI=1S/C21H24N2O4S/c24-19(9-10-23-20(25)17-7-1-2-8-18(17)21(23)26)22(13-15-5-3-11-27-15)14-16-6-4-12-28-16/h3-6,11-12,17-18H,1-2,7-10,13-14H2/t17-,18+. The van der Waals surface area contributed by atoms with Gasteiger partial charge < -0.3 is 9.32 Å². The molecule has 0 unspecified atom stereocenters. The van der Waals surface area contributed by atoms with Gasteiger partial charge in [-0.25, -0.2) is 0 Å². The van der Waals surface area contributed by atoms with E-state index in [0.717, 1.165) is 30.6 Å². The van der Waals surface area contributed by atoms with Crippen LogP contribution in [0.5, 0.6) is 0 Å². The second kappa shape index (κ2) is 8.31. The molecule has 2 atom stereocenters. The molecule has 0 radical (unpaired) electrons. The maximum Gasteiger partial charge on any atom is 0.233 e. The molecule has 4 rings (SSSR count). The molecule has 2 aromatic rings. The van der Waals surface area contributed by atoms with E-state index in [4.69, 9.17) is 4.42 Å². The third kappa shape index (κ3) is 3.90. The van der Waals surface area contributed by atoms with Crippen molar-refractivity contribution in [1.29, 1.82) is 0 Å². The number of likely N-dealkylation sites (tertiary alicyclic amines) is 1. The van der Waals surface area contributed by atoms with Crippen molar-refractivity contribution in [2.45, 2.75) is 45.2 Å². The molecular weight excluding hydrogens is 376 g/mol. The quantitative estimate of drug-likeness (QED) is 0.668. The van der Waals surface area contributed by atoms with Gasteiger partial charge in [0.05, 0.1) is 31.2 Å². The topological polar surface area (TPSA) is 70.8 Å². The summed E-state index contributed by atoms with van der Waals surface area (Å²) in [6, 6.07) is 7.59. The number of hydrogen-bond acceptors (Lipinski definition) is 5. The van der Waals surface area contributed by atoms with Gasteiger partial charge in [-0.1, -0.05) is 18.9 Å². The van der Waals surface area contributed by atoms with Crippen LogP contribution in [0.15, 0.2) is 40.3 Å². The van der Waals surface area contributed by atoms with E-state index >= 15 is 0 Å². The number of furan rings is 1. The summed E-state index contributed by atoms with van der Waals surface area (Å²) in [4.78, 5) is 42.3. The third-order valence-corrected chi connectivity index (χ3v) is 6.55. The fraction of sp³-hybridized carbons (Fsp3) is 0.476. The molecule has 1 aliphatic heterocycles. The van der Waals surface area contributed by atoms with Crippen molar-refractivity contribution in [1.82, 2.24) is 9.80 Å². The molecule has 6 nitrogen and oxygen atoms in total. The highest BCUT2D eigenvalue weighted by Gasteiger charge is 2.47. The first-order valence-corrected chi connectivity index (χ1v) is 10.7. The Morgan fingerprint density at radius 3 is 2.46 bits per heavy atom. The van der Waals surface area contributed by atoms with Crippen molar-refractivity contribution in [3.05, 3.63) is 46.5 Å². The van der Waals surface area contributed by atoms with Gasteiger partial charge in [0, 0.05) is 17.8 Å². The maximum atomic E-state index is 12.9. The molecule has 0 spiro atoms. The lowest BCUT2D eigenvalue weighted by Crippen LogP contribution is -2.37. The average molecular weight is 401 g/mol. The summed E-state index contributed by atoms with van der Waals surface area (Å²) in [5.74, 6) is 0.129. The highest BCUT2D eigenvalue weighted by Crippen LogP contribution is 2.38. The smallest absolute Gasteiger partial charge is 0.233 e. The largest absolute Gasteiger partial charge is 0.467 e. The van der Waals surface area contributed by atoms with Gasteiger partial charge in [-0.15, -0.1) is 11.3 Å². The molecule has 3 amide bonds. The molecule has 2 fully saturated rings. The highest BCUT2D eigenvalue weighted by molar-refractivity contribution is 7.09. The first kappa shape index (κ1) is 18.9. The summed E-state index contributed by atoms with van der Waals surface area (Å²) in [6.07, 6.45) is 5.33. The van der Waals surface area contributed by atoms with Crippen molar-refractivity contribution in [3.8, 4) is 0 Å². The fourth-order valence-electron chi connectivity index (χ4n) is 4.23. The number of rotatable bonds is 7. The zero-order chi connectivity index (χ0) is 19.5. The maximum absolute atomic E-state index is 12.9. The zero-order valence-corrected chi connectivity index (χ0v) is 16.5. The van der Waals surface area contributed by atoms with Crippen LogP contribution in [0.2, 0.25) is 0 Å². The van der Waals surface area contributed by atoms with Crippen LogP contribution >= 0.6 is 11.3 Å². The van der Waals surface area contributed by atoms with Gasteiger partial charge >= 0.3 is 0 Å². The van der Waals surface area contributed by atoms with Gasteiger partial charge in [0.15, 0.2) is 0 Å². The number of carbonyl (C=O) groups is 3. The first-order chi connectivity index (χ1) is 13.6. The SMILES string of the molecule is O=C(CCN1C(=O)[C@H]2CCCC[C@H]2C1=O)N(Cc1ccco1)Cc1cccs1. The van der Waals surface area contributed by atoms with Gasteiger partial charge in [-0.2, -0.15) is 0 Å². The lowest BCUT2D eigenvalue weighted by Gasteiger charge is -2.22. The van der Waals surface area contributed by atoms with E-state index in [2.05, 4.69) is 0 Å². The third-order valence-electron chi connectivity index (χ3n) is 5.69. The Balaban J connectivity index is 1.41. The minimum atomic E-state index is -0.165. The molecule has 3 heterocycles. The minimum absolute atomic E-state index is 0.0831. The van der Waals surface area contributed by atoms with Crippen molar-refractivity contribution >= 4 is 29.1 Å². The number of amides is 3. The van der Waals surface area contributed by atoms with E-state index in [1.807, 2.05) is 23.6 Å². The summed E-state index contributed by atoms with van der Waals surface area (Å²) in [7, 11) is 0. The number of nitrogens with zero attached hydrogens (tertiary/aromatic N) is 2. The van der Waals surface area contributed by atoms with Crippen LogP contribution < -0.4 is 0 Å². The Labute approximate surface area is 168 Å². The predicted octanol–water partition coefficient (Wildman–Crippen LogP) is 3.44. The van der Waals surface area contributed by atoms with Crippen LogP contribution in [0.1, 0.15) is 42.7 Å². The number of carbonyl (C=O) groups excluding carboxylic acids is 3. The van der Waals surface area contributed by atoms with Crippen LogP contribution in [0.3, 0.4) is 0 Å². The van der Waals surface area contributed by atoms with E-state index in [1.165, 1.54) is 4.90 Å². The molecule has 7 heteroatoms. The predicted molar refractivity (Wildman–Crippen MR) is 104 cm³/mol. The minimum Gasteiger partial charge on any atom is -0.467 e. The number of imide groups is 1. The molecule has 2 aromatic heterocycles. The Morgan fingerprint density at radius 2 is 1.86 bits per heavy atom. The molecule has 1 saturated heterocycles. The van der Waals surface area contributed by atoms with E-state index in [-0.39, 0.29) is 42.5 Å². The van der Waals surface area contributed by atoms with E-state index in [9.17, 15) is 14.4 Å². The first-order valence-electron chi connectivity index (χ1n) is 9.81. The molecule has 1 aliphatic carbocycles. The van der Waals surface area contributed by atoms with E-state index in [1.54, 1.807) is 28.6 Å². The van der Waals surface area contributed by atoms with Crippen molar-refractivity contribution in [2.24, 2.45) is 11.8 Å². The molecule has 0 bridgehead atoms. The molecule has 0 N–H and O–H groups in total. The number of fused-ring (bicyclic) bond motifs is 1. The van der Waals surface area contributed by atoms with Crippen LogP contribution in [0.4, 0.5) is 0 Å². The second-order valence-corrected chi connectivity index (χ2v) is 8.52. The Bertz CT molecular complexity index is 770. The van der Waals surface area contributed by atoms with Crippen molar-refractivity contribution in [2.75, 3.05) is 6.54 Å². The molecule has 1 saturated carbocycles. The molecule has 0 aromatic carbocycles. The number of hydrogen-bond donors (Lipinski definition) is 0. The Hall–Kier alpha value is -2.41. The summed E-state index contributed by atoms with van der Waals surface area (Å²) in [5, 5.41) is 1.98. The normalized spacial score (nSPS) is 21.8. The monoisotopic (exact) mass is 400 g/mol. The van der Waals surface area contributed by atoms with Crippen molar-refractivity contribution < 1.29 is 18.8 Å². The highest BCUT2D eigenvalue weighted by atomic mass is 32.1. The van der Waals surface area contributed by atoms with Crippen LogP contribution in [0, 0.1) is 11.8 Å². The van der Waals surface area contributed by atoms with Crippen molar-refractivity contribution in [3.63, 3.8) is 0 Å².